The highest BCUT2D eigenvalue weighted by molar-refractivity contribution is 6.35. The Morgan fingerprint density at radius 2 is 2.16 bits per heavy atom. The molecule has 0 spiro atoms. The number of rotatable bonds is 4. The quantitative estimate of drug-likeness (QED) is 0.934. The van der Waals surface area contributed by atoms with Crippen LogP contribution in [0.5, 0.6) is 5.75 Å². The third-order valence-electron chi connectivity index (χ3n) is 2.98. The summed E-state index contributed by atoms with van der Waals surface area (Å²) in [4.78, 5) is 15.3. The molecule has 5 heteroatoms. The van der Waals surface area contributed by atoms with Gasteiger partial charge in [0.1, 0.15) is 11.3 Å². The molecular weight excluding hydrogens is 266 g/mol. The third kappa shape index (κ3) is 2.79. The molecule has 1 atom stereocenters. The highest BCUT2D eigenvalue weighted by atomic mass is 35.5. The van der Waals surface area contributed by atoms with Gasteiger partial charge < -0.3 is 9.84 Å². The maximum absolute atomic E-state index is 10.9. The molecule has 19 heavy (non-hydrogen) atoms. The van der Waals surface area contributed by atoms with Gasteiger partial charge in [0, 0.05) is 17.5 Å². The van der Waals surface area contributed by atoms with Crippen LogP contribution in [0, 0.1) is 5.92 Å². The van der Waals surface area contributed by atoms with Crippen LogP contribution in [-0.4, -0.2) is 23.2 Å². The highest BCUT2D eigenvalue weighted by Crippen LogP contribution is 2.30. The van der Waals surface area contributed by atoms with Crippen molar-refractivity contribution in [2.24, 2.45) is 5.92 Å². The standard InChI is InChI=1S/C14H14ClNO3/c1-8(14(17)18)7-9-3-4-10-11(15)5-6-12(19-2)13(10)16-9/h3-6,8H,7H2,1-2H3,(H,17,18). The minimum absolute atomic E-state index is 0.376. The predicted molar refractivity (Wildman–Crippen MR) is 73.8 cm³/mol. The van der Waals surface area contributed by atoms with Crippen LogP contribution >= 0.6 is 11.6 Å². The second-order valence-corrected chi connectivity index (χ2v) is 4.80. The monoisotopic (exact) mass is 279 g/mol. The number of hydrogen-bond acceptors (Lipinski definition) is 3. The van der Waals surface area contributed by atoms with Gasteiger partial charge in [-0.3, -0.25) is 4.79 Å². The summed E-state index contributed by atoms with van der Waals surface area (Å²) in [5, 5.41) is 10.3. The number of ether oxygens (including phenoxy) is 1. The predicted octanol–water partition coefficient (Wildman–Crippen LogP) is 3.16. The van der Waals surface area contributed by atoms with Crippen molar-refractivity contribution in [1.29, 1.82) is 0 Å². The number of aliphatic carboxylic acids is 1. The van der Waals surface area contributed by atoms with Gasteiger partial charge in [-0.05, 0) is 24.3 Å². The van der Waals surface area contributed by atoms with Gasteiger partial charge in [-0.25, -0.2) is 4.98 Å². The zero-order valence-corrected chi connectivity index (χ0v) is 11.4. The van der Waals surface area contributed by atoms with Crippen LogP contribution in [-0.2, 0) is 11.2 Å². The summed E-state index contributed by atoms with van der Waals surface area (Å²) in [6, 6.07) is 7.15. The molecule has 0 aliphatic heterocycles. The van der Waals surface area contributed by atoms with E-state index in [1.165, 1.54) is 0 Å². The number of hydrogen-bond donors (Lipinski definition) is 1. The molecule has 2 rings (SSSR count). The van der Waals surface area contributed by atoms with Gasteiger partial charge in [0.2, 0.25) is 0 Å². The number of nitrogens with zero attached hydrogens (tertiary/aromatic N) is 1. The van der Waals surface area contributed by atoms with Crippen LogP contribution in [0.3, 0.4) is 0 Å². The Bertz CT molecular complexity index is 627. The molecule has 0 radical (unpaired) electrons. The second-order valence-electron chi connectivity index (χ2n) is 4.39. The maximum Gasteiger partial charge on any atom is 0.306 e. The van der Waals surface area contributed by atoms with Crippen molar-refractivity contribution in [3.63, 3.8) is 0 Å². The Hall–Kier alpha value is -1.81. The summed E-state index contributed by atoms with van der Waals surface area (Å²) in [6.45, 7) is 1.66. The average Bonchev–Trinajstić information content (AvgIpc) is 2.39. The second kappa shape index (κ2) is 5.45. The number of carboxylic acid groups (broad SMARTS) is 1. The molecule has 0 amide bonds. The first-order valence-electron chi connectivity index (χ1n) is 5.88. The smallest absolute Gasteiger partial charge is 0.306 e. The number of methoxy groups -OCH3 is 1. The van der Waals surface area contributed by atoms with Gasteiger partial charge in [0.25, 0.3) is 0 Å². The molecule has 1 heterocycles. The summed E-state index contributed by atoms with van der Waals surface area (Å²) < 4.78 is 5.25. The van der Waals surface area contributed by atoms with Gasteiger partial charge in [0.05, 0.1) is 18.1 Å². The van der Waals surface area contributed by atoms with Crippen LogP contribution in [0.15, 0.2) is 24.3 Å². The molecule has 0 aliphatic rings. The van der Waals surface area contributed by atoms with Crippen LogP contribution < -0.4 is 4.74 Å². The molecule has 1 aromatic heterocycles. The van der Waals surface area contributed by atoms with E-state index in [0.717, 1.165) is 5.39 Å². The zero-order chi connectivity index (χ0) is 14.0. The fourth-order valence-corrected chi connectivity index (χ4v) is 2.09. The fraction of sp³-hybridized carbons (Fsp3) is 0.286. The SMILES string of the molecule is COc1ccc(Cl)c2ccc(CC(C)C(=O)O)nc12. The van der Waals surface area contributed by atoms with Crippen molar-refractivity contribution in [3.8, 4) is 5.75 Å². The largest absolute Gasteiger partial charge is 0.494 e. The van der Waals surface area contributed by atoms with Gasteiger partial charge in [-0.15, -0.1) is 0 Å². The Labute approximate surface area is 116 Å². The van der Waals surface area contributed by atoms with Crippen molar-refractivity contribution >= 4 is 28.5 Å². The minimum atomic E-state index is -0.833. The lowest BCUT2D eigenvalue weighted by Crippen LogP contribution is -2.13. The zero-order valence-electron chi connectivity index (χ0n) is 10.7. The summed E-state index contributed by atoms with van der Waals surface area (Å²) in [7, 11) is 1.57. The molecule has 1 unspecified atom stereocenters. The van der Waals surface area contributed by atoms with Gasteiger partial charge in [-0.1, -0.05) is 18.5 Å². The van der Waals surface area contributed by atoms with Crippen LogP contribution in [0.2, 0.25) is 5.02 Å². The van der Waals surface area contributed by atoms with E-state index in [2.05, 4.69) is 4.98 Å². The van der Waals surface area contributed by atoms with Crippen molar-refractivity contribution in [1.82, 2.24) is 4.98 Å². The fourth-order valence-electron chi connectivity index (χ4n) is 1.88. The van der Waals surface area contributed by atoms with Crippen LogP contribution in [0.4, 0.5) is 0 Å². The van der Waals surface area contributed by atoms with Crippen molar-refractivity contribution < 1.29 is 14.6 Å². The van der Waals surface area contributed by atoms with E-state index in [-0.39, 0.29) is 0 Å². The van der Waals surface area contributed by atoms with E-state index in [9.17, 15) is 4.79 Å². The average molecular weight is 280 g/mol. The van der Waals surface area contributed by atoms with Crippen molar-refractivity contribution in [2.75, 3.05) is 7.11 Å². The number of carbonyl (C=O) groups is 1. The Kier molecular flexibility index (Phi) is 3.90. The van der Waals surface area contributed by atoms with E-state index in [1.807, 2.05) is 6.07 Å². The maximum atomic E-state index is 10.9. The summed E-state index contributed by atoms with van der Waals surface area (Å²) >= 11 is 6.10. The molecule has 1 N–H and O–H groups in total. The Balaban J connectivity index is 2.47. The first-order valence-corrected chi connectivity index (χ1v) is 6.25. The molecule has 2 aromatic rings. The summed E-state index contributed by atoms with van der Waals surface area (Å²) in [5.74, 6) is -0.681. The molecular formula is C14H14ClNO3. The van der Waals surface area contributed by atoms with E-state index in [0.29, 0.717) is 28.4 Å². The van der Waals surface area contributed by atoms with E-state index < -0.39 is 11.9 Å². The lowest BCUT2D eigenvalue weighted by Gasteiger charge is -2.10. The molecule has 0 saturated heterocycles. The number of fused-ring (bicyclic) bond motifs is 1. The van der Waals surface area contributed by atoms with E-state index >= 15 is 0 Å². The molecule has 0 bridgehead atoms. The molecule has 4 nitrogen and oxygen atoms in total. The minimum Gasteiger partial charge on any atom is -0.494 e. The first-order chi connectivity index (χ1) is 9.02. The number of halogens is 1. The molecule has 0 aliphatic carbocycles. The Morgan fingerprint density at radius 3 is 2.79 bits per heavy atom. The van der Waals surface area contributed by atoms with Crippen LogP contribution in [0.25, 0.3) is 10.9 Å². The molecule has 100 valence electrons. The molecule has 0 saturated carbocycles. The first kappa shape index (κ1) is 13.6. The van der Waals surface area contributed by atoms with Gasteiger partial charge >= 0.3 is 5.97 Å². The number of benzene rings is 1. The normalized spacial score (nSPS) is 12.4. The van der Waals surface area contributed by atoms with E-state index in [4.69, 9.17) is 21.4 Å². The molecule has 1 aromatic carbocycles. The number of carboxylic acids is 1. The van der Waals surface area contributed by atoms with Crippen molar-refractivity contribution in [2.45, 2.75) is 13.3 Å². The van der Waals surface area contributed by atoms with Crippen LogP contribution in [0.1, 0.15) is 12.6 Å². The summed E-state index contributed by atoms with van der Waals surface area (Å²) in [6.07, 6.45) is 0.376. The van der Waals surface area contributed by atoms with Gasteiger partial charge in [0.15, 0.2) is 0 Å². The topological polar surface area (TPSA) is 59.4 Å². The lowest BCUT2D eigenvalue weighted by molar-refractivity contribution is -0.141. The van der Waals surface area contributed by atoms with E-state index in [1.54, 1.807) is 32.2 Å². The van der Waals surface area contributed by atoms with Crippen molar-refractivity contribution in [3.05, 3.63) is 35.0 Å². The third-order valence-corrected chi connectivity index (χ3v) is 3.31. The van der Waals surface area contributed by atoms with Gasteiger partial charge in [-0.2, -0.15) is 0 Å². The lowest BCUT2D eigenvalue weighted by atomic mass is 10.0. The summed E-state index contributed by atoms with van der Waals surface area (Å²) in [5.41, 5.74) is 1.37. The highest BCUT2D eigenvalue weighted by Gasteiger charge is 2.14. The number of aromatic nitrogens is 1. The number of pyridine rings is 1. The molecule has 0 fully saturated rings. The Morgan fingerprint density at radius 1 is 1.42 bits per heavy atom.